The Bertz CT molecular complexity index is 382. The van der Waals surface area contributed by atoms with Crippen LogP contribution in [-0.4, -0.2) is 35.6 Å². The highest BCUT2D eigenvalue weighted by Gasteiger charge is 2.43. The van der Waals surface area contributed by atoms with Gasteiger partial charge < -0.3 is 4.90 Å². The molecule has 1 aromatic heterocycles. The van der Waals surface area contributed by atoms with Crippen molar-refractivity contribution in [2.24, 2.45) is 5.84 Å². The molecule has 1 heterocycles. The number of aromatic nitrogens is 1. The van der Waals surface area contributed by atoms with Gasteiger partial charge in [0, 0.05) is 29.1 Å². The molecule has 0 aromatic carbocycles. The van der Waals surface area contributed by atoms with Gasteiger partial charge in [0.1, 0.15) is 0 Å². The fourth-order valence-electron chi connectivity index (χ4n) is 3.17. The molecular weight excluding hydrogens is 244 g/mol. The molecular formula is C13H24N4S. The lowest BCUT2D eigenvalue weighted by Gasteiger charge is -2.42. The van der Waals surface area contributed by atoms with Gasteiger partial charge in [-0.2, -0.15) is 0 Å². The van der Waals surface area contributed by atoms with Crippen LogP contribution in [0, 0.1) is 6.92 Å². The number of aryl methyl sites for hydroxylation is 1. The fraction of sp³-hybridized carbons (Fsp3) is 0.769. The number of nitrogens with zero attached hydrogens (tertiary/aromatic N) is 2. The summed E-state index contributed by atoms with van der Waals surface area (Å²) in [6.07, 6.45) is 5.96. The van der Waals surface area contributed by atoms with E-state index in [1.54, 1.807) is 11.3 Å². The number of hydrogen-bond acceptors (Lipinski definition) is 5. The SMILES string of the molecule is Cc1csc(CC(NN)C2(N(C)C)CCCC2)n1. The van der Waals surface area contributed by atoms with Gasteiger partial charge in [0.2, 0.25) is 0 Å². The number of likely N-dealkylation sites (N-methyl/N-ethyl adjacent to an activating group) is 1. The van der Waals surface area contributed by atoms with Gasteiger partial charge in [-0.15, -0.1) is 11.3 Å². The van der Waals surface area contributed by atoms with E-state index in [0.29, 0.717) is 0 Å². The highest BCUT2D eigenvalue weighted by atomic mass is 32.1. The maximum Gasteiger partial charge on any atom is 0.0944 e. The zero-order valence-electron chi connectivity index (χ0n) is 11.6. The Kier molecular flexibility index (Phi) is 4.37. The number of rotatable bonds is 5. The predicted octanol–water partition coefficient (Wildman–Crippen LogP) is 1.70. The molecule has 3 N–H and O–H groups in total. The molecule has 0 amide bonds. The minimum Gasteiger partial charge on any atom is -0.302 e. The molecule has 5 heteroatoms. The van der Waals surface area contributed by atoms with Crippen LogP contribution >= 0.6 is 11.3 Å². The molecule has 1 unspecified atom stereocenters. The summed E-state index contributed by atoms with van der Waals surface area (Å²) in [5.74, 6) is 5.83. The Morgan fingerprint density at radius 2 is 2.17 bits per heavy atom. The van der Waals surface area contributed by atoms with E-state index in [2.05, 4.69) is 34.8 Å². The van der Waals surface area contributed by atoms with Crippen LogP contribution in [0.1, 0.15) is 36.4 Å². The Morgan fingerprint density at radius 1 is 1.50 bits per heavy atom. The molecule has 1 saturated carbocycles. The molecule has 0 aliphatic heterocycles. The smallest absolute Gasteiger partial charge is 0.0944 e. The van der Waals surface area contributed by atoms with Crippen molar-refractivity contribution in [2.75, 3.05) is 14.1 Å². The van der Waals surface area contributed by atoms with Gasteiger partial charge in [0.25, 0.3) is 0 Å². The maximum absolute atomic E-state index is 5.83. The lowest BCUT2D eigenvalue weighted by Crippen LogP contribution is -2.60. The van der Waals surface area contributed by atoms with Crippen molar-refractivity contribution >= 4 is 11.3 Å². The van der Waals surface area contributed by atoms with E-state index >= 15 is 0 Å². The first-order chi connectivity index (χ1) is 8.58. The third-order valence-corrected chi connectivity index (χ3v) is 5.24. The molecule has 1 fully saturated rings. The van der Waals surface area contributed by atoms with E-state index in [-0.39, 0.29) is 11.6 Å². The fourth-order valence-corrected chi connectivity index (χ4v) is 3.99. The Morgan fingerprint density at radius 3 is 2.61 bits per heavy atom. The number of thiazole rings is 1. The Balaban J connectivity index is 2.16. The second-order valence-corrected chi connectivity index (χ2v) is 6.45. The largest absolute Gasteiger partial charge is 0.302 e. The lowest BCUT2D eigenvalue weighted by molar-refractivity contribution is 0.104. The van der Waals surface area contributed by atoms with E-state index in [9.17, 15) is 0 Å². The van der Waals surface area contributed by atoms with Crippen molar-refractivity contribution in [3.05, 3.63) is 16.1 Å². The summed E-state index contributed by atoms with van der Waals surface area (Å²) in [6.45, 7) is 2.04. The molecule has 0 saturated heterocycles. The maximum atomic E-state index is 5.83. The van der Waals surface area contributed by atoms with Crippen molar-refractivity contribution in [1.82, 2.24) is 15.3 Å². The van der Waals surface area contributed by atoms with Crippen molar-refractivity contribution in [3.63, 3.8) is 0 Å². The quantitative estimate of drug-likeness (QED) is 0.630. The molecule has 1 atom stereocenters. The standard InChI is InChI=1S/C13H24N4S/c1-10-9-18-12(15-10)8-11(16-14)13(17(2)3)6-4-5-7-13/h9,11,16H,4-8,14H2,1-3H3. The van der Waals surface area contributed by atoms with Gasteiger partial charge in [0.15, 0.2) is 0 Å². The van der Waals surface area contributed by atoms with Gasteiger partial charge in [-0.3, -0.25) is 11.3 Å². The molecule has 1 aliphatic carbocycles. The van der Waals surface area contributed by atoms with Crippen LogP contribution in [0.5, 0.6) is 0 Å². The molecule has 0 radical (unpaired) electrons. The summed E-state index contributed by atoms with van der Waals surface area (Å²) < 4.78 is 0. The normalized spacial score (nSPS) is 20.5. The molecule has 0 spiro atoms. The van der Waals surface area contributed by atoms with Crippen molar-refractivity contribution < 1.29 is 0 Å². The average Bonchev–Trinajstić information content (AvgIpc) is 2.95. The molecule has 4 nitrogen and oxygen atoms in total. The van der Waals surface area contributed by atoms with Crippen LogP contribution in [-0.2, 0) is 6.42 Å². The molecule has 102 valence electrons. The Labute approximate surface area is 114 Å². The molecule has 1 aliphatic rings. The highest BCUT2D eigenvalue weighted by molar-refractivity contribution is 7.09. The van der Waals surface area contributed by atoms with Crippen LogP contribution in [0.15, 0.2) is 5.38 Å². The third kappa shape index (κ3) is 2.59. The summed E-state index contributed by atoms with van der Waals surface area (Å²) in [5.41, 5.74) is 4.35. The third-order valence-electron chi connectivity index (χ3n) is 4.26. The van der Waals surface area contributed by atoms with E-state index in [1.165, 1.54) is 30.7 Å². The van der Waals surface area contributed by atoms with Crippen LogP contribution < -0.4 is 11.3 Å². The minimum atomic E-state index is 0.189. The van der Waals surface area contributed by atoms with Crippen LogP contribution in [0.3, 0.4) is 0 Å². The summed E-state index contributed by atoms with van der Waals surface area (Å²) in [7, 11) is 4.34. The van der Waals surface area contributed by atoms with Gasteiger partial charge >= 0.3 is 0 Å². The predicted molar refractivity (Wildman–Crippen MR) is 76.6 cm³/mol. The summed E-state index contributed by atoms with van der Waals surface area (Å²) >= 11 is 1.74. The monoisotopic (exact) mass is 268 g/mol. The van der Waals surface area contributed by atoms with Crippen LogP contribution in [0.25, 0.3) is 0 Å². The van der Waals surface area contributed by atoms with E-state index in [0.717, 1.165) is 12.1 Å². The van der Waals surface area contributed by atoms with Crippen LogP contribution in [0.2, 0.25) is 0 Å². The zero-order chi connectivity index (χ0) is 13.2. The number of hydrogen-bond donors (Lipinski definition) is 2. The lowest BCUT2D eigenvalue weighted by atomic mass is 9.85. The van der Waals surface area contributed by atoms with Gasteiger partial charge in [0.05, 0.1) is 5.01 Å². The molecule has 2 rings (SSSR count). The second-order valence-electron chi connectivity index (χ2n) is 5.51. The first-order valence-electron chi connectivity index (χ1n) is 6.63. The summed E-state index contributed by atoms with van der Waals surface area (Å²) in [6, 6.07) is 0.278. The topological polar surface area (TPSA) is 54.2 Å². The first kappa shape index (κ1) is 13.9. The zero-order valence-corrected chi connectivity index (χ0v) is 12.4. The van der Waals surface area contributed by atoms with Gasteiger partial charge in [-0.1, -0.05) is 12.8 Å². The highest BCUT2D eigenvalue weighted by Crippen LogP contribution is 2.37. The average molecular weight is 268 g/mol. The summed E-state index contributed by atoms with van der Waals surface area (Å²) in [5, 5.41) is 3.29. The number of nitrogens with two attached hydrogens (primary N) is 1. The van der Waals surface area contributed by atoms with Crippen LogP contribution in [0.4, 0.5) is 0 Å². The second kappa shape index (κ2) is 5.65. The number of hydrazine groups is 1. The number of nitrogens with one attached hydrogen (secondary N) is 1. The van der Waals surface area contributed by atoms with Gasteiger partial charge in [-0.05, 0) is 33.9 Å². The van der Waals surface area contributed by atoms with Crippen molar-refractivity contribution in [3.8, 4) is 0 Å². The first-order valence-corrected chi connectivity index (χ1v) is 7.51. The van der Waals surface area contributed by atoms with Crippen molar-refractivity contribution in [1.29, 1.82) is 0 Å². The van der Waals surface area contributed by atoms with E-state index in [4.69, 9.17) is 5.84 Å². The minimum absolute atomic E-state index is 0.189. The van der Waals surface area contributed by atoms with Gasteiger partial charge in [-0.25, -0.2) is 4.98 Å². The van der Waals surface area contributed by atoms with Crippen molar-refractivity contribution in [2.45, 2.75) is 50.6 Å². The van der Waals surface area contributed by atoms with E-state index in [1.807, 2.05) is 6.92 Å². The van der Waals surface area contributed by atoms with E-state index < -0.39 is 0 Å². The Hall–Kier alpha value is -0.490. The summed E-state index contributed by atoms with van der Waals surface area (Å²) in [4.78, 5) is 6.92. The molecule has 0 bridgehead atoms. The molecule has 1 aromatic rings. The molecule has 18 heavy (non-hydrogen) atoms.